The molecule has 5 rings (SSSR count). The lowest BCUT2D eigenvalue weighted by atomic mass is 10.1. The van der Waals surface area contributed by atoms with E-state index < -0.39 is 0 Å². The van der Waals surface area contributed by atoms with Gasteiger partial charge in [0.15, 0.2) is 0 Å². The summed E-state index contributed by atoms with van der Waals surface area (Å²) in [6.07, 6.45) is 5.62. The zero-order valence-electron chi connectivity index (χ0n) is 18.2. The zero-order valence-corrected chi connectivity index (χ0v) is 19.0. The Hall–Kier alpha value is -2.74. The Morgan fingerprint density at radius 3 is 2.45 bits per heavy atom. The number of H-pyrrole nitrogens is 1. The number of pyridine rings is 1. The van der Waals surface area contributed by atoms with Gasteiger partial charge >= 0.3 is 0 Å². The molecule has 0 unspecified atom stereocenters. The molecule has 0 aliphatic carbocycles. The van der Waals surface area contributed by atoms with Crippen LogP contribution in [0.1, 0.15) is 40.3 Å². The van der Waals surface area contributed by atoms with Gasteiger partial charge in [-0.05, 0) is 44.7 Å². The van der Waals surface area contributed by atoms with Crippen LogP contribution in [-0.2, 0) is 0 Å². The Balaban J connectivity index is 1.40. The number of piperazine rings is 1. The minimum Gasteiger partial charge on any atom is -0.356 e. The van der Waals surface area contributed by atoms with Crippen molar-refractivity contribution in [1.29, 1.82) is 0 Å². The molecule has 2 saturated heterocycles. The summed E-state index contributed by atoms with van der Waals surface area (Å²) in [6.45, 7) is 9.17. The average molecular weight is 438 g/mol. The largest absolute Gasteiger partial charge is 0.356 e. The van der Waals surface area contributed by atoms with Crippen molar-refractivity contribution in [3.8, 4) is 0 Å². The minimum atomic E-state index is 0.124. The lowest BCUT2D eigenvalue weighted by Crippen LogP contribution is -2.50. The highest BCUT2D eigenvalue weighted by Crippen LogP contribution is 2.37. The van der Waals surface area contributed by atoms with Gasteiger partial charge in [0, 0.05) is 19.2 Å². The van der Waals surface area contributed by atoms with Gasteiger partial charge in [0.2, 0.25) is 0 Å². The lowest BCUT2D eigenvalue weighted by molar-refractivity contribution is -0.364. The summed E-state index contributed by atoms with van der Waals surface area (Å²) in [5.74, 6) is 3.02. The van der Waals surface area contributed by atoms with E-state index >= 15 is 0 Å². The highest BCUT2D eigenvalue weighted by atomic mass is 32.1. The van der Waals surface area contributed by atoms with E-state index in [1.807, 2.05) is 30.2 Å². The number of aromatic nitrogens is 3. The van der Waals surface area contributed by atoms with E-state index in [9.17, 15) is 4.79 Å². The Kier molecular flexibility index (Phi) is 5.48. The van der Waals surface area contributed by atoms with Gasteiger partial charge in [-0.15, -0.1) is 11.3 Å². The number of carbonyl (C=O) groups is 1. The van der Waals surface area contributed by atoms with Crippen LogP contribution in [0.3, 0.4) is 0 Å². The molecule has 0 saturated carbocycles. The predicted octanol–water partition coefficient (Wildman–Crippen LogP) is 3.07. The van der Waals surface area contributed by atoms with E-state index in [-0.39, 0.29) is 5.91 Å². The summed E-state index contributed by atoms with van der Waals surface area (Å²) >= 11 is 1.53. The molecule has 2 aliphatic rings. The summed E-state index contributed by atoms with van der Waals surface area (Å²) in [7, 11) is 0. The number of nitrogens with one attached hydrogen (secondary N) is 1. The number of carbonyl (C=O) groups excluding carboxylic acids is 1. The average Bonchev–Trinajstić information content (AvgIpc) is 3.15. The van der Waals surface area contributed by atoms with E-state index in [1.54, 1.807) is 0 Å². The molecule has 3 aromatic heterocycles. The molecule has 1 N–H and O–H groups in total. The number of anilines is 2. The molecule has 162 valence electrons. The maximum Gasteiger partial charge on any atom is 0.274 e. The van der Waals surface area contributed by atoms with Crippen molar-refractivity contribution in [3.63, 3.8) is 0 Å². The molecule has 0 atom stereocenters. The van der Waals surface area contributed by atoms with Crippen molar-refractivity contribution in [3.05, 3.63) is 40.7 Å². The number of piperidine rings is 1. The minimum absolute atomic E-state index is 0.124. The molecule has 2 fully saturated rings. The second kappa shape index (κ2) is 8.42. The normalized spacial score (nSPS) is 17.4. The van der Waals surface area contributed by atoms with Crippen LogP contribution in [0.15, 0.2) is 24.4 Å². The van der Waals surface area contributed by atoms with E-state index in [2.05, 4.69) is 32.8 Å². The summed E-state index contributed by atoms with van der Waals surface area (Å²) in [4.78, 5) is 34.6. The number of hydrogen-bond donors (Lipinski definition) is 0. The van der Waals surface area contributed by atoms with E-state index in [0.29, 0.717) is 0 Å². The topological polar surface area (TPSA) is 66.7 Å². The first kappa shape index (κ1) is 20.2. The fourth-order valence-corrected chi connectivity index (χ4v) is 5.82. The van der Waals surface area contributed by atoms with Crippen molar-refractivity contribution >= 4 is 39.1 Å². The fourth-order valence-electron chi connectivity index (χ4n) is 4.63. The third-order valence-electron chi connectivity index (χ3n) is 6.33. The molecule has 1 amide bonds. The summed E-state index contributed by atoms with van der Waals surface area (Å²) < 4.78 is 0. The van der Waals surface area contributed by atoms with Crippen molar-refractivity contribution in [2.75, 3.05) is 49.1 Å². The summed E-state index contributed by atoms with van der Waals surface area (Å²) in [5.41, 5.74) is 1.03. The van der Waals surface area contributed by atoms with Gasteiger partial charge in [-0.2, -0.15) is 0 Å². The Morgan fingerprint density at radius 2 is 1.74 bits per heavy atom. The van der Waals surface area contributed by atoms with Crippen LogP contribution in [0, 0.1) is 13.8 Å². The Bertz CT molecular complexity index is 1080. The molecule has 31 heavy (non-hydrogen) atoms. The molecule has 0 radical (unpaired) electrons. The van der Waals surface area contributed by atoms with Gasteiger partial charge in [0.1, 0.15) is 29.6 Å². The first-order valence-electron chi connectivity index (χ1n) is 11.2. The van der Waals surface area contributed by atoms with Gasteiger partial charge < -0.3 is 9.80 Å². The summed E-state index contributed by atoms with van der Waals surface area (Å²) in [6, 6.07) is 6.10. The maximum absolute atomic E-state index is 13.5. The number of thiophene rings is 1. The van der Waals surface area contributed by atoms with Crippen LogP contribution >= 0.6 is 11.3 Å². The predicted molar refractivity (Wildman–Crippen MR) is 124 cm³/mol. The third-order valence-corrected chi connectivity index (χ3v) is 7.51. The quantitative estimate of drug-likeness (QED) is 0.630. The molecule has 3 aromatic rings. The van der Waals surface area contributed by atoms with Gasteiger partial charge in [-0.25, -0.2) is 15.0 Å². The van der Waals surface area contributed by atoms with Gasteiger partial charge in [0.25, 0.3) is 11.7 Å². The second-order valence-corrected chi connectivity index (χ2v) is 9.40. The van der Waals surface area contributed by atoms with Crippen molar-refractivity contribution < 1.29 is 9.78 Å². The van der Waals surface area contributed by atoms with E-state index in [1.165, 1.54) is 30.6 Å². The number of aromatic amines is 1. The van der Waals surface area contributed by atoms with Crippen molar-refractivity contribution in [1.82, 2.24) is 14.9 Å². The van der Waals surface area contributed by atoms with E-state index in [4.69, 9.17) is 4.98 Å². The van der Waals surface area contributed by atoms with Crippen LogP contribution in [-0.4, -0.2) is 60.0 Å². The van der Waals surface area contributed by atoms with Crippen LogP contribution in [0.4, 0.5) is 11.6 Å². The maximum atomic E-state index is 13.5. The van der Waals surface area contributed by atoms with E-state index in [0.717, 1.165) is 77.4 Å². The third kappa shape index (κ3) is 3.84. The van der Waals surface area contributed by atoms with Crippen molar-refractivity contribution in [2.24, 2.45) is 0 Å². The molecule has 0 spiro atoms. The monoisotopic (exact) mass is 437 g/mol. The highest BCUT2D eigenvalue weighted by Gasteiger charge is 2.30. The SMILES string of the molecule is Cc1nc(N2CCCCC2)c2c(C)c(C(=O)N3CCN(c4cccc[nH+]4)CC3)sc2n1. The number of amides is 1. The molecular weight excluding hydrogens is 408 g/mol. The summed E-state index contributed by atoms with van der Waals surface area (Å²) in [5, 5.41) is 1.07. The first-order valence-corrected chi connectivity index (χ1v) is 12.0. The number of nitrogens with zero attached hydrogens (tertiary/aromatic N) is 5. The molecule has 7 nitrogen and oxygen atoms in total. The van der Waals surface area contributed by atoms with Gasteiger partial charge in [-0.1, -0.05) is 6.07 Å². The molecule has 5 heterocycles. The van der Waals surface area contributed by atoms with Crippen LogP contribution < -0.4 is 14.8 Å². The van der Waals surface area contributed by atoms with Crippen molar-refractivity contribution in [2.45, 2.75) is 33.1 Å². The standard InChI is InChI=1S/C23H28N6OS/c1-16-19-21(28-10-6-3-7-11-28)25-17(2)26-22(19)31-20(16)23(30)29-14-12-27(13-15-29)18-8-4-5-9-24-18/h4-5,8-9H,3,6-7,10-15H2,1-2H3/p+1. The number of fused-ring (bicyclic) bond motifs is 1. The highest BCUT2D eigenvalue weighted by molar-refractivity contribution is 7.20. The number of rotatable bonds is 3. The Morgan fingerprint density at radius 1 is 0.968 bits per heavy atom. The molecule has 0 aromatic carbocycles. The molecule has 2 aliphatic heterocycles. The first-order chi connectivity index (χ1) is 15.1. The van der Waals surface area contributed by atoms with Gasteiger partial charge in [-0.3, -0.25) is 9.69 Å². The number of hydrogen-bond acceptors (Lipinski definition) is 6. The fraction of sp³-hybridized carbons (Fsp3) is 0.478. The smallest absolute Gasteiger partial charge is 0.274 e. The zero-order chi connectivity index (χ0) is 21.4. The molecule has 8 heteroatoms. The van der Waals surface area contributed by atoms with Crippen LogP contribution in [0.2, 0.25) is 0 Å². The molecule has 0 bridgehead atoms. The van der Waals surface area contributed by atoms with Crippen LogP contribution in [0.5, 0.6) is 0 Å². The van der Waals surface area contributed by atoms with Gasteiger partial charge in [0.05, 0.1) is 29.5 Å². The second-order valence-electron chi connectivity index (χ2n) is 8.41. The Labute approximate surface area is 186 Å². The van der Waals surface area contributed by atoms with Crippen LogP contribution in [0.25, 0.3) is 10.2 Å². The molecular formula is C23H29N6OS+. The number of aryl methyl sites for hydroxylation is 2. The lowest BCUT2D eigenvalue weighted by Gasteiger charge is -2.31.